The third-order valence-electron chi connectivity index (χ3n) is 2.01. The molecular formula is C10H8BrClN4OS. The van der Waals surface area contributed by atoms with E-state index in [-0.39, 0.29) is 5.91 Å². The number of rotatable bonds is 3. The van der Waals surface area contributed by atoms with Gasteiger partial charge in [0, 0.05) is 11.9 Å². The second-order valence-electron chi connectivity index (χ2n) is 3.28. The van der Waals surface area contributed by atoms with Gasteiger partial charge in [-0.2, -0.15) is 0 Å². The predicted octanol–water partition coefficient (Wildman–Crippen LogP) is 2.67. The molecule has 0 aliphatic rings. The van der Waals surface area contributed by atoms with Gasteiger partial charge in [-0.3, -0.25) is 4.79 Å². The number of pyridine rings is 1. The molecule has 0 spiro atoms. The number of aromatic nitrogens is 2. The average molecular weight is 348 g/mol. The van der Waals surface area contributed by atoms with Crippen LogP contribution in [-0.2, 0) is 6.54 Å². The van der Waals surface area contributed by atoms with Crippen LogP contribution in [0.25, 0.3) is 0 Å². The Morgan fingerprint density at radius 3 is 3.00 bits per heavy atom. The Kier molecular flexibility index (Phi) is 4.28. The van der Waals surface area contributed by atoms with Gasteiger partial charge in [0.15, 0.2) is 0 Å². The minimum Gasteiger partial charge on any atom is -0.325 e. The molecule has 2 aromatic heterocycles. The summed E-state index contributed by atoms with van der Waals surface area (Å²) in [6.45, 7) is 0.325. The van der Waals surface area contributed by atoms with Gasteiger partial charge in [0.1, 0.15) is 15.9 Å². The van der Waals surface area contributed by atoms with Crippen LogP contribution in [-0.4, -0.2) is 15.9 Å². The molecule has 0 radical (unpaired) electrons. The molecule has 18 heavy (non-hydrogen) atoms. The van der Waals surface area contributed by atoms with Crippen molar-refractivity contribution in [2.45, 2.75) is 6.54 Å². The van der Waals surface area contributed by atoms with Crippen molar-refractivity contribution in [2.75, 3.05) is 5.32 Å². The number of anilines is 1. The van der Waals surface area contributed by atoms with Gasteiger partial charge in [0.2, 0.25) is 0 Å². The van der Waals surface area contributed by atoms with E-state index in [2.05, 4.69) is 31.2 Å². The molecule has 0 bridgehead atoms. The molecule has 1 amide bonds. The molecule has 0 unspecified atom stereocenters. The van der Waals surface area contributed by atoms with Crippen LogP contribution < -0.4 is 11.1 Å². The number of nitrogens with zero attached hydrogens (tertiary/aromatic N) is 2. The van der Waals surface area contributed by atoms with Crippen molar-refractivity contribution in [2.24, 2.45) is 5.73 Å². The summed E-state index contributed by atoms with van der Waals surface area (Å²) in [4.78, 5) is 19.9. The lowest BCUT2D eigenvalue weighted by Gasteiger charge is -2.03. The number of thiazole rings is 1. The van der Waals surface area contributed by atoms with Gasteiger partial charge in [0.25, 0.3) is 5.91 Å². The van der Waals surface area contributed by atoms with Gasteiger partial charge in [-0.1, -0.05) is 11.6 Å². The Morgan fingerprint density at radius 1 is 1.61 bits per heavy atom. The van der Waals surface area contributed by atoms with E-state index in [4.69, 9.17) is 17.3 Å². The van der Waals surface area contributed by atoms with E-state index in [1.165, 1.54) is 17.5 Å². The van der Waals surface area contributed by atoms with E-state index in [0.29, 0.717) is 27.6 Å². The van der Waals surface area contributed by atoms with Crippen molar-refractivity contribution < 1.29 is 4.79 Å². The zero-order valence-electron chi connectivity index (χ0n) is 8.98. The summed E-state index contributed by atoms with van der Waals surface area (Å²) in [7, 11) is 0. The second kappa shape index (κ2) is 5.75. The number of nitrogens with two attached hydrogens (primary N) is 1. The van der Waals surface area contributed by atoms with Gasteiger partial charge < -0.3 is 11.1 Å². The van der Waals surface area contributed by atoms with E-state index in [9.17, 15) is 4.79 Å². The molecule has 0 atom stereocenters. The van der Waals surface area contributed by atoms with Crippen molar-refractivity contribution in [1.29, 1.82) is 0 Å². The monoisotopic (exact) mass is 346 g/mol. The summed E-state index contributed by atoms with van der Waals surface area (Å²) in [6, 6.07) is 1.67. The minimum absolute atomic E-state index is 0.304. The number of hydrogen-bond acceptors (Lipinski definition) is 5. The Morgan fingerprint density at radius 2 is 2.39 bits per heavy atom. The number of carbonyl (C=O) groups is 1. The first kappa shape index (κ1) is 13.4. The lowest BCUT2D eigenvalue weighted by molar-refractivity contribution is 0.102. The topological polar surface area (TPSA) is 80.9 Å². The molecule has 0 aliphatic heterocycles. The molecule has 0 saturated carbocycles. The maximum absolute atomic E-state index is 11.9. The summed E-state index contributed by atoms with van der Waals surface area (Å²) in [5.74, 6) is -0.304. The standard InChI is InChI=1S/C10H8BrClN4OS/c11-6-1-5(3-14-9(6)12)15-10(17)7-4-18-8(2-13)16-7/h1,3-4H,2,13H2,(H,15,17). The van der Waals surface area contributed by atoms with E-state index in [0.717, 1.165) is 5.01 Å². The van der Waals surface area contributed by atoms with Crippen LogP contribution >= 0.6 is 38.9 Å². The largest absolute Gasteiger partial charge is 0.325 e. The van der Waals surface area contributed by atoms with Crippen molar-refractivity contribution in [3.8, 4) is 0 Å². The molecule has 0 aliphatic carbocycles. The molecule has 5 nitrogen and oxygen atoms in total. The number of nitrogens with one attached hydrogen (secondary N) is 1. The maximum Gasteiger partial charge on any atom is 0.275 e. The molecule has 2 heterocycles. The molecule has 0 saturated heterocycles. The highest BCUT2D eigenvalue weighted by atomic mass is 79.9. The lowest BCUT2D eigenvalue weighted by atomic mass is 10.4. The average Bonchev–Trinajstić information content (AvgIpc) is 2.82. The smallest absolute Gasteiger partial charge is 0.275 e. The fourth-order valence-electron chi connectivity index (χ4n) is 1.19. The highest BCUT2D eigenvalue weighted by molar-refractivity contribution is 9.10. The number of carbonyl (C=O) groups excluding carboxylic acids is 1. The molecular weight excluding hydrogens is 340 g/mol. The van der Waals surface area contributed by atoms with Crippen LogP contribution in [0.2, 0.25) is 5.15 Å². The molecule has 2 rings (SSSR count). The first-order chi connectivity index (χ1) is 8.60. The van der Waals surface area contributed by atoms with Crippen molar-refractivity contribution in [3.05, 3.63) is 38.0 Å². The molecule has 2 aromatic rings. The second-order valence-corrected chi connectivity index (χ2v) is 5.44. The Balaban J connectivity index is 2.13. The van der Waals surface area contributed by atoms with Crippen molar-refractivity contribution in [3.63, 3.8) is 0 Å². The first-order valence-corrected chi connectivity index (χ1v) is 6.92. The minimum atomic E-state index is -0.304. The van der Waals surface area contributed by atoms with Crippen LogP contribution in [0.1, 0.15) is 15.5 Å². The fourth-order valence-corrected chi connectivity index (χ4v) is 2.30. The number of hydrogen-bond donors (Lipinski definition) is 2. The molecule has 94 valence electrons. The van der Waals surface area contributed by atoms with Crippen LogP contribution in [0, 0.1) is 0 Å². The third-order valence-corrected chi connectivity index (χ3v) is 4.02. The van der Waals surface area contributed by atoms with Crippen molar-refractivity contribution >= 4 is 50.5 Å². The van der Waals surface area contributed by atoms with Crippen LogP contribution in [0.4, 0.5) is 5.69 Å². The first-order valence-electron chi connectivity index (χ1n) is 4.87. The van der Waals surface area contributed by atoms with Gasteiger partial charge in [0.05, 0.1) is 16.4 Å². The SMILES string of the molecule is NCc1nc(C(=O)Nc2cnc(Cl)c(Br)c2)cs1. The normalized spacial score (nSPS) is 10.4. The van der Waals surface area contributed by atoms with Crippen molar-refractivity contribution in [1.82, 2.24) is 9.97 Å². The highest BCUT2D eigenvalue weighted by Gasteiger charge is 2.11. The zero-order valence-corrected chi connectivity index (χ0v) is 12.1. The van der Waals surface area contributed by atoms with E-state index in [1.807, 2.05) is 0 Å². The van der Waals surface area contributed by atoms with E-state index in [1.54, 1.807) is 11.4 Å². The highest BCUT2D eigenvalue weighted by Crippen LogP contribution is 2.23. The van der Waals surface area contributed by atoms with Gasteiger partial charge in [-0.25, -0.2) is 9.97 Å². The third kappa shape index (κ3) is 3.05. The van der Waals surface area contributed by atoms with Gasteiger partial charge in [-0.05, 0) is 22.0 Å². The van der Waals surface area contributed by atoms with Gasteiger partial charge >= 0.3 is 0 Å². The molecule has 0 aromatic carbocycles. The summed E-state index contributed by atoms with van der Waals surface area (Å²) < 4.78 is 0.614. The summed E-state index contributed by atoms with van der Waals surface area (Å²) in [5.41, 5.74) is 6.32. The fraction of sp³-hybridized carbons (Fsp3) is 0.100. The number of halogens is 2. The molecule has 8 heteroatoms. The van der Waals surface area contributed by atoms with E-state index >= 15 is 0 Å². The van der Waals surface area contributed by atoms with E-state index < -0.39 is 0 Å². The summed E-state index contributed by atoms with van der Waals surface area (Å²) in [6.07, 6.45) is 1.47. The number of amides is 1. The predicted molar refractivity (Wildman–Crippen MR) is 74.9 cm³/mol. The quantitative estimate of drug-likeness (QED) is 0.836. The summed E-state index contributed by atoms with van der Waals surface area (Å²) >= 11 is 10.3. The Bertz CT molecular complexity index is 589. The molecule has 3 N–H and O–H groups in total. The Labute approximate surface area is 121 Å². The van der Waals surface area contributed by atoms with Crippen LogP contribution in [0.15, 0.2) is 22.1 Å². The summed E-state index contributed by atoms with van der Waals surface area (Å²) in [5, 5.41) is 5.40. The Hall–Kier alpha value is -1.02. The lowest BCUT2D eigenvalue weighted by Crippen LogP contribution is -2.13. The maximum atomic E-state index is 11.9. The van der Waals surface area contributed by atoms with Gasteiger partial charge in [-0.15, -0.1) is 11.3 Å². The van der Waals surface area contributed by atoms with Crippen LogP contribution in [0.3, 0.4) is 0 Å². The van der Waals surface area contributed by atoms with Crippen LogP contribution in [0.5, 0.6) is 0 Å². The zero-order chi connectivity index (χ0) is 13.1. The molecule has 0 fully saturated rings.